The molecule has 0 N–H and O–H groups in total. The van der Waals surface area contributed by atoms with Crippen LogP contribution in [0.25, 0.3) is 106 Å². The van der Waals surface area contributed by atoms with Gasteiger partial charge in [-0.05, 0) is 58.7 Å². The van der Waals surface area contributed by atoms with E-state index in [1.807, 2.05) is 42.5 Å². The molecule has 0 radical (unpaired) electrons. The van der Waals surface area contributed by atoms with Gasteiger partial charge < -0.3 is 8.98 Å². The number of nitrogens with zero attached hydrogens (tertiary/aromatic N) is 4. The van der Waals surface area contributed by atoms with E-state index in [0.717, 1.165) is 66.6 Å². The standard InChI is InChI=1S/C51H32N4O/c1-3-14-34(15-4-1)38-18-7-8-21-43(38)50-52-49(53-51(54-50)44-23-13-22-42-41-20-10-12-25-47(41)56-48(42)44)35-28-26-33(27-29-35)36-30-31-40-39-19-9-11-24-45(39)55(46(40)32-36)37-16-5-2-6-17-37/h1-32H. The minimum Gasteiger partial charge on any atom is -0.455 e. The van der Waals surface area contributed by atoms with Crippen LogP contribution >= 0.6 is 0 Å². The predicted octanol–water partition coefficient (Wildman–Crippen LogP) is 13.2. The minimum absolute atomic E-state index is 0.556. The Hall–Kier alpha value is -7.63. The highest BCUT2D eigenvalue weighted by Gasteiger charge is 2.20. The Morgan fingerprint density at radius 2 is 0.911 bits per heavy atom. The second kappa shape index (κ2) is 13.0. The number of hydrogen-bond acceptors (Lipinski definition) is 4. The molecule has 0 saturated carbocycles. The molecule has 3 heterocycles. The molecule has 0 bridgehead atoms. The summed E-state index contributed by atoms with van der Waals surface area (Å²) in [6.45, 7) is 0. The fourth-order valence-electron chi connectivity index (χ4n) is 8.03. The quantitative estimate of drug-likeness (QED) is 0.172. The molecule has 0 amide bonds. The minimum atomic E-state index is 0.556. The van der Waals surface area contributed by atoms with E-state index >= 15 is 0 Å². The summed E-state index contributed by atoms with van der Waals surface area (Å²) in [5, 5.41) is 4.55. The molecular weight excluding hydrogens is 685 g/mol. The molecule has 8 aromatic carbocycles. The average Bonchev–Trinajstić information content (AvgIpc) is 3.82. The average molecular weight is 717 g/mol. The number of fused-ring (bicyclic) bond motifs is 6. The normalized spacial score (nSPS) is 11.6. The van der Waals surface area contributed by atoms with Crippen LogP contribution in [0.1, 0.15) is 0 Å². The van der Waals surface area contributed by atoms with E-state index < -0.39 is 0 Å². The number of aromatic nitrogens is 4. The first-order valence-electron chi connectivity index (χ1n) is 18.8. The summed E-state index contributed by atoms with van der Waals surface area (Å²) in [6, 6.07) is 67.4. The number of hydrogen-bond donors (Lipinski definition) is 0. The van der Waals surface area contributed by atoms with Crippen LogP contribution in [0.5, 0.6) is 0 Å². The summed E-state index contributed by atoms with van der Waals surface area (Å²) in [5.41, 5.74) is 12.1. The lowest BCUT2D eigenvalue weighted by atomic mass is 9.99. The summed E-state index contributed by atoms with van der Waals surface area (Å²) in [4.78, 5) is 15.5. The van der Waals surface area contributed by atoms with E-state index in [-0.39, 0.29) is 0 Å². The molecule has 0 saturated heterocycles. The van der Waals surface area contributed by atoms with Gasteiger partial charge in [-0.2, -0.15) is 0 Å². The molecule has 262 valence electrons. The van der Waals surface area contributed by atoms with Crippen molar-refractivity contribution in [1.29, 1.82) is 0 Å². The Morgan fingerprint density at radius 3 is 1.73 bits per heavy atom. The SMILES string of the molecule is c1ccc(-c2ccccc2-c2nc(-c3ccc(-c4ccc5c6ccccc6n(-c6ccccc6)c5c4)cc3)nc(-c3cccc4c3oc3ccccc34)n2)cc1. The van der Waals surface area contributed by atoms with Gasteiger partial charge in [0.2, 0.25) is 0 Å². The van der Waals surface area contributed by atoms with Crippen LogP contribution in [0, 0.1) is 0 Å². The highest BCUT2D eigenvalue weighted by atomic mass is 16.3. The maximum Gasteiger partial charge on any atom is 0.167 e. The third kappa shape index (κ3) is 5.29. The van der Waals surface area contributed by atoms with E-state index in [2.05, 4.69) is 156 Å². The van der Waals surface area contributed by atoms with E-state index in [9.17, 15) is 0 Å². The third-order valence-corrected chi connectivity index (χ3v) is 10.7. The predicted molar refractivity (Wildman–Crippen MR) is 229 cm³/mol. The van der Waals surface area contributed by atoms with Crippen LogP contribution in [-0.4, -0.2) is 19.5 Å². The summed E-state index contributed by atoms with van der Waals surface area (Å²) in [5.74, 6) is 1.74. The Kier molecular flexibility index (Phi) is 7.42. The Bertz CT molecular complexity index is 3240. The molecule has 0 atom stereocenters. The van der Waals surface area contributed by atoms with Gasteiger partial charge in [-0.3, -0.25) is 0 Å². The Labute approximate surface area is 322 Å². The van der Waals surface area contributed by atoms with Crippen LogP contribution in [0.3, 0.4) is 0 Å². The summed E-state index contributed by atoms with van der Waals surface area (Å²) < 4.78 is 8.82. The highest BCUT2D eigenvalue weighted by molar-refractivity contribution is 6.11. The molecule has 3 aromatic heterocycles. The first kappa shape index (κ1) is 31.9. The second-order valence-corrected chi connectivity index (χ2v) is 14.0. The van der Waals surface area contributed by atoms with Crippen LogP contribution in [0.4, 0.5) is 0 Å². The van der Waals surface area contributed by atoms with Gasteiger partial charge in [0.05, 0.1) is 16.6 Å². The maximum absolute atomic E-state index is 6.47. The molecule has 0 fully saturated rings. The lowest BCUT2D eigenvalue weighted by molar-refractivity contribution is 0.669. The monoisotopic (exact) mass is 716 g/mol. The van der Waals surface area contributed by atoms with E-state index in [1.54, 1.807) is 0 Å². The second-order valence-electron chi connectivity index (χ2n) is 14.0. The van der Waals surface area contributed by atoms with Gasteiger partial charge in [0.1, 0.15) is 11.2 Å². The van der Waals surface area contributed by atoms with Crippen molar-refractivity contribution in [2.75, 3.05) is 0 Å². The van der Waals surface area contributed by atoms with Crippen molar-refractivity contribution in [3.8, 4) is 62.1 Å². The molecule has 5 nitrogen and oxygen atoms in total. The Balaban J connectivity index is 1.06. The number of para-hydroxylation sites is 4. The largest absolute Gasteiger partial charge is 0.455 e. The molecule has 56 heavy (non-hydrogen) atoms. The van der Waals surface area contributed by atoms with E-state index in [0.29, 0.717) is 17.5 Å². The maximum atomic E-state index is 6.47. The molecule has 5 heteroatoms. The van der Waals surface area contributed by atoms with Crippen molar-refractivity contribution in [2.45, 2.75) is 0 Å². The molecule has 0 aliphatic heterocycles. The molecule has 0 spiro atoms. The van der Waals surface area contributed by atoms with Crippen molar-refractivity contribution >= 4 is 43.7 Å². The van der Waals surface area contributed by atoms with Gasteiger partial charge in [-0.25, -0.2) is 15.0 Å². The molecule has 11 rings (SSSR count). The zero-order valence-electron chi connectivity index (χ0n) is 30.2. The van der Waals surface area contributed by atoms with Gasteiger partial charge in [-0.1, -0.05) is 158 Å². The number of benzene rings is 8. The van der Waals surface area contributed by atoms with Crippen LogP contribution in [0.2, 0.25) is 0 Å². The molecule has 0 aliphatic rings. The Morgan fingerprint density at radius 1 is 0.339 bits per heavy atom. The highest BCUT2D eigenvalue weighted by Crippen LogP contribution is 2.38. The lowest BCUT2D eigenvalue weighted by Crippen LogP contribution is -2.01. The summed E-state index contributed by atoms with van der Waals surface area (Å²) in [6.07, 6.45) is 0. The van der Waals surface area contributed by atoms with Crippen molar-refractivity contribution in [3.63, 3.8) is 0 Å². The molecular formula is C51H32N4O. The number of rotatable bonds is 6. The van der Waals surface area contributed by atoms with E-state index in [1.165, 1.54) is 21.8 Å². The van der Waals surface area contributed by atoms with Crippen molar-refractivity contribution < 1.29 is 4.42 Å². The van der Waals surface area contributed by atoms with Gasteiger partial charge in [-0.15, -0.1) is 0 Å². The van der Waals surface area contributed by atoms with Gasteiger partial charge in [0, 0.05) is 38.4 Å². The van der Waals surface area contributed by atoms with Crippen molar-refractivity contribution in [1.82, 2.24) is 19.5 Å². The zero-order chi connectivity index (χ0) is 37.0. The topological polar surface area (TPSA) is 56.7 Å². The van der Waals surface area contributed by atoms with Crippen LogP contribution in [0.15, 0.2) is 199 Å². The molecule has 11 aromatic rings. The first-order valence-corrected chi connectivity index (χ1v) is 18.8. The lowest BCUT2D eigenvalue weighted by Gasteiger charge is -2.12. The zero-order valence-corrected chi connectivity index (χ0v) is 30.2. The molecule has 0 unspecified atom stereocenters. The number of furan rings is 1. The van der Waals surface area contributed by atoms with Crippen LogP contribution < -0.4 is 0 Å². The molecule has 0 aliphatic carbocycles. The fraction of sp³-hybridized carbons (Fsp3) is 0. The van der Waals surface area contributed by atoms with Crippen LogP contribution in [-0.2, 0) is 0 Å². The fourth-order valence-corrected chi connectivity index (χ4v) is 8.03. The first-order chi connectivity index (χ1) is 27.8. The van der Waals surface area contributed by atoms with Gasteiger partial charge in [0.25, 0.3) is 0 Å². The smallest absolute Gasteiger partial charge is 0.167 e. The summed E-state index contributed by atoms with van der Waals surface area (Å²) >= 11 is 0. The summed E-state index contributed by atoms with van der Waals surface area (Å²) in [7, 11) is 0. The third-order valence-electron chi connectivity index (χ3n) is 10.7. The van der Waals surface area contributed by atoms with Crippen molar-refractivity contribution in [3.05, 3.63) is 194 Å². The van der Waals surface area contributed by atoms with E-state index in [4.69, 9.17) is 19.4 Å². The van der Waals surface area contributed by atoms with Crippen molar-refractivity contribution in [2.24, 2.45) is 0 Å². The van der Waals surface area contributed by atoms with Gasteiger partial charge >= 0.3 is 0 Å². The van der Waals surface area contributed by atoms with Gasteiger partial charge in [0.15, 0.2) is 17.5 Å².